The topological polar surface area (TPSA) is 110 Å². The number of aliphatic carboxylic acids is 1. The Morgan fingerprint density at radius 2 is 1.62 bits per heavy atom. The highest BCUT2D eigenvalue weighted by molar-refractivity contribution is 6.04. The SMILES string of the molecule is CC(C)[C@@H](C(=O)O)N1Cc2ccc(-c3ccc(NC(=O)c4ccc(C(C)(C)C#N)cc4)cc3)cc2C1=O. The van der Waals surface area contributed by atoms with Gasteiger partial charge in [-0.05, 0) is 72.4 Å². The van der Waals surface area contributed by atoms with E-state index in [1.807, 2.05) is 38.1 Å². The van der Waals surface area contributed by atoms with E-state index in [0.29, 0.717) is 16.8 Å². The predicted octanol–water partition coefficient (Wildman–Crippen LogP) is 5.47. The van der Waals surface area contributed by atoms with Gasteiger partial charge in [0.15, 0.2) is 0 Å². The van der Waals surface area contributed by atoms with Gasteiger partial charge in [0.2, 0.25) is 0 Å². The first kappa shape index (κ1) is 25.6. The number of nitrogens with zero attached hydrogens (tertiary/aromatic N) is 2. The first-order valence-corrected chi connectivity index (χ1v) is 12.1. The van der Waals surface area contributed by atoms with Crippen LogP contribution >= 0.6 is 0 Å². The number of hydrogen-bond donors (Lipinski definition) is 2. The number of fused-ring (bicyclic) bond motifs is 1. The van der Waals surface area contributed by atoms with Crippen molar-refractivity contribution in [1.29, 1.82) is 5.26 Å². The number of nitrogens with one attached hydrogen (secondary N) is 1. The van der Waals surface area contributed by atoms with Crippen molar-refractivity contribution in [3.63, 3.8) is 0 Å². The van der Waals surface area contributed by atoms with Crippen molar-refractivity contribution in [2.24, 2.45) is 5.92 Å². The lowest BCUT2D eigenvalue weighted by Gasteiger charge is -2.27. The molecule has 1 heterocycles. The average molecular weight is 496 g/mol. The highest BCUT2D eigenvalue weighted by Crippen LogP contribution is 2.32. The van der Waals surface area contributed by atoms with Gasteiger partial charge in [0.05, 0.1) is 11.5 Å². The fourth-order valence-corrected chi connectivity index (χ4v) is 4.56. The Morgan fingerprint density at radius 3 is 2.19 bits per heavy atom. The third kappa shape index (κ3) is 5.10. The van der Waals surface area contributed by atoms with Crippen LogP contribution in [0.1, 0.15) is 59.5 Å². The maximum atomic E-state index is 13.0. The lowest BCUT2D eigenvalue weighted by molar-refractivity contribution is -0.144. The predicted molar refractivity (Wildman–Crippen MR) is 141 cm³/mol. The third-order valence-corrected chi connectivity index (χ3v) is 6.79. The summed E-state index contributed by atoms with van der Waals surface area (Å²) in [6.45, 7) is 7.53. The van der Waals surface area contributed by atoms with Gasteiger partial charge >= 0.3 is 5.97 Å². The zero-order chi connectivity index (χ0) is 26.9. The Morgan fingerprint density at radius 1 is 1.00 bits per heavy atom. The molecule has 0 unspecified atom stereocenters. The number of anilines is 1. The summed E-state index contributed by atoms with van der Waals surface area (Å²) in [5, 5.41) is 21.8. The van der Waals surface area contributed by atoms with Gasteiger partial charge in [-0.2, -0.15) is 5.26 Å². The zero-order valence-electron chi connectivity index (χ0n) is 21.3. The average Bonchev–Trinajstić information content (AvgIpc) is 3.19. The number of rotatable bonds is 7. The van der Waals surface area contributed by atoms with Crippen LogP contribution in [-0.4, -0.2) is 33.8 Å². The summed E-state index contributed by atoms with van der Waals surface area (Å²) in [5.41, 5.74) is 4.36. The lowest BCUT2D eigenvalue weighted by Crippen LogP contribution is -2.44. The van der Waals surface area contributed by atoms with Crippen LogP contribution in [-0.2, 0) is 16.8 Å². The van der Waals surface area contributed by atoms with Crippen molar-refractivity contribution in [2.75, 3.05) is 5.32 Å². The minimum Gasteiger partial charge on any atom is -0.480 e. The van der Waals surface area contributed by atoms with Crippen molar-refractivity contribution >= 4 is 23.5 Å². The van der Waals surface area contributed by atoms with E-state index in [2.05, 4.69) is 11.4 Å². The molecule has 0 spiro atoms. The summed E-state index contributed by atoms with van der Waals surface area (Å²) >= 11 is 0. The van der Waals surface area contributed by atoms with E-state index >= 15 is 0 Å². The van der Waals surface area contributed by atoms with E-state index in [4.69, 9.17) is 0 Å². The van der Waals surface area contributed by atoms with Crippen LogP contribution < -0.4 is 5.32 Å². The van der Waals surface area contributed by atoms with Gasteiger partial charge in [0.1, 0.15) is 6.04 Å². The number of carbonyl (C=O) groups is 3. The van der Waals surface area contributed by atoms with Gasteiger partial charge in [-0.1, -0.05) is 50.2 Å². The van der Waals surface area contributed by atoms with Gasteiger partial charge < -0.3 is 15.3 Å². The molecule has 1 atom stereocenters. The van der Waals surface area contributed by atoms with E-state index in [-0.39, 0.29) is 24.3 Å². The number of carbonyl (C=O) groups excluding carboxylic acids is 2. The smallest absolute Gasteiger partial charge is 0.326 e. The maximum Gasteiger partial charge on any atom is 0.326 e. The molecule has 0 saturated heterocycles. The Hall–Kier alpha value is -4.44. The van der Waals surface area contributed by atoms with Crippen molar-refractivity contribution in [1.82, 2.24) is 4.90 Å². The van der Waals surface area contributed by atoms with E-state index in [1.165, 1.54) is 4.90 Å². The van der Waals surface area contributed by atoms with Gasteiger partial charge in [-0.25, -0.2) is 4.79 Å². The van der Waals surface area contributed by atoms with E-state index < -0.39 is 17.4 Å². The molecule has 3 aromatic carbocycles. The molecule has 1 aliphatic heterocycles. The second kappa shape index (κ2) is 9.90. The van der Waals surface area contributed by atoms with Gasteiger partial charge in [-0.3, -0.25) is 9.59 Å². The Labute approximate surface area is 216 Å². The van der Waals surface area contributed by atoms with Gasteiger partial charge in [0.25, 0.3) is 11.8 Å². The largest absolute Gasteiger partial charge is 0.480 e. The molecular formula is C30H29N3O4. The van der Waals surface area contributed by atoms with Crippen molar-refractivity contribution in [2.45, 2.75) is 45.7 Å². The van der Waals surface area contributed by atoms with Gasteiger partial charge in [0, 0.05) is 23.4 Å². The quantitative estimate of drug-likeness (QED) is 0.451. The van der Waals surface area contributed by atoms with Crippen LogP contribution in [0.3, 0.4) is 0 Å². The monoisotopic (exact) mass is 495 g/mol. The van der Waals surface area contributed by atoms with Crippen LogP contribution in [0.25, 0.3) is 11.1 Å². The Bertz CT molecular complexity index is 1400. The number of benzene rings is 3. The summed E-state index contributed by atoms with van der Waals surface area (Å²) in [5.74, 6) is -1.74. The molecule has 2 amide bonds. The van der Waals surface area contributed by atoms with Crippen LogP contribution in [0.15, 0.2) is 66.7 Å². The fourth-order valence-electron chi connectivity index (χ4n) is 4.56. The molecule has 4 rings (SSSR count). The van der Waals surface area contributed by atoms with E-state index in [1.54, 1.807) is 56.3 Å². The minimum absolute atomic E-state index is 0.208. The molecule has 3 aromatic rings. The number of nitriles is 1. The molecule has 0 radical (unpaired) electrons. The summed E-state index contributed by atoms with van der Waals surface area (Å²) in [7, 11) is 0. The second-order valence-electron chi connectivity index (χ2n) is 10.2. The van der Waals surface area contributed by atoms with Gasteiger partial charge in [-0.15, -0.1) is 0 Å². The highest BCUT2D eigenvalue weighted by Gasteiger charge is 2.38. The molecule has 2 N–H and O–H groups in total. The van der Waals surface area contributed by atoms with Crippen LogP contribution in [0, 0.1) is 17.2 Å². The summed E-state index contributed by atoms with van der Waals surface area (Å²) in [4.78, 5) is 38.9. The molecule has 7 nitrogen and oxygen atoms in total. The van der Waals surface area contributed by atoms with Crippen LogP contribution in [0.2, 0.25) is 0 Å². The van der Waals surface area contributed by atoms with E-state index in [0.717, 1.165) is 22.3 Å². The number of amides is 2. The minimum atomic E-state index is -1.00. The summed E-state index contributed by atoms with van der Waals surface area (Å²) in [6.07, 6.45) is 0. The van der Waals surface area contributed by atoms with E-state index in [9.17, 15) is 24.8 Å². The van der Waals surface area contributed by atoms with Crippen molar-refractivity contribution < 1.29 is 19.5 Å². The number of carboxylic acids is 1. The summed E-state index contributed by atoms with van der Waals surface area (Å²) < 4.78 is 0. The summed E-state index contributed by atoms with van der Waals surface area (Å²) in [6, 6.07) is 21.3. The molecule has 37 heavy (non-hydrogen) atoms. The molecule has 0 saturated carbocycles. The standard InChI is InChI=1S/C30H29N3O4/c1-18(2)26(29(36)37)33-16-22-6-5-21(15-25(22)28(33)35)19-9-13-24(14-10-19)32-27(34)20-7-11-23(12-8-20)30(3,4)17-31/h5-15,18,26H,16H2,1-4H3,(H,32,34)(H,36,37)/t26-/m0/s1. The molecule has 0 aromatic heterocycles. The first-order chi connectivity index (χ1) is 17.5. The number of carboxylic acid groups (broad SMARTS) is 1. The normalized spacial score (nSPS) is 13.7. The molecule has 0 bridgehead atoms. The fraction of sp³-hybridized carbons (Fsp3) is 0.267. The van der Waals surface area contributed by atoms with Crippen LogP contribution in [0.4, 0.5) is 5.69 Å². The first-order valence-electron chi connectivity index (χ1n) is 12.1. The molecule has 188 valence electrons. The van der Waals surface area contributed by atoms with Crippen molar-refractivity contribution in [3.8, 4) is 17.2 Å². The molecule has 7 heteroatoms. The zero-order valence-corrected chi connectivity index (χ0v) is 21.3. The lowest BCUT2D eigenvalue weighted by atomic mass is 9.86. The van der Waals surface area contributed by atoms with Crippen LogP contribution in [0.5, 0.6) is 0 Å². The maximum absolute atomic E-state index is 13.0. The third-order valence-electron chi connectivity index (χ3n) is 6.79. The van der Waals surface area contributed by atoms with Crippen molar-refractivity contribution in [3.05, 3.63) is 89.0 Å². The highest BCUT2D eigenvalue weighted by atomic mass is 16.4. The molecule has 1 aliphatic rings. The molecule has 0 fully saturated rings. The molecule has 0 aliphatic carbocycles. The Balaban J connectivity index is 1.48. The number of hydrogen-bond acceptors (Lipinski definition) is 4. The second-order valence-corrected chi connectivity index (χ2v) is 10.2. The Kier molecular flexibility index (Phi) is 6.86. The molecular weight excluding hydrogens is 466 g/mol.